The summed E-state index contributed by atoms with van der Waals surface area (Å²) in [5.74, 6) is 2.15. The summed E-state index contributed by atoms with van der Waals surface area (Å²) < 4.78 is 68.8. The van der Waals surface area contributed by atoms with Crippen LogP contribution in [0.25, 0.3) is 5.69 Å². The van der Waals surface area contributed by atoms with Gasteiger partial charge in [-0.05, 0) is 83.5 Å². The van der Waals surface area contributed by atoms with Crippen molar-refractivity contribution in [2.24, 2.45) is 0 Å². The first-order valence-electron chi connectivity index (χ1n) is 17.8. The van der Waals surface area contributed by atoms with E-state index in [1.54, 1.807) is 57.0 Å². The van der Waals surface area contributed by atoms with E-state index in [0.717, 1.165) is 34.6 Å². The quantitative estimate of drug-likeness (QED) is 0.0819. The van der Waals surface area contributed by atoms with Gasteiger partial charge in [-0.2, -0.15) is 33.2 Å². The van der Waals surface area contributed by atoms with E-state index in [1.807, 2.05) is 20.0 Å². The lowest BCUT2D eigenvalue weighted by Gasteiger charge is -2.05. The van der Waals surface area contributed by atoms with E-state index in [2.05, 4.69) is 78.1 Å². The first kappa shape index (κ1) is 53.8. The predicted octanol–water partition coefficient (Wildman–Crippen LogP) is 6.45. The molecule has 0 aliphatic heterocycles. The van der Waals surface area contributed by atoms with E-state index in [4.69, 9.17) is 20.5 Å². The third-order valence-electron chi connectivity index (χ3n) is 7.11. The number of anilines is 1. The van der Waals surface area contributed by atoms with Crippen molar-refractivity contribution in [1.82, 2.24) is 34.7 Å². The topological polar surface area (TPSA) is 236 Å². The van der Waals surface area contributed by atoms with Crippen molar-refractivity contribution in [3.8, 4) is 17.6 Å². The van der Waals surface area contributed by atoms with Gasteiger partial charge < -0.3 is 24.8 Å². The molecule has 22 heteroatoms. The van der Waals surface area contributed by atoms with Crippen molar-refractivity contribution in [2.45, 2.75) is 52.6 Å². The molecule has 0 aliphatic carbocycles. The normalized spacial score (nSPS) is 10.4. The summed E-state index contributed by atoms with van der Waals surface area (Å²) in [7, 11) is -0.226. The second-order valence-corrected chi connectivity index (χ2v) is 16.5. The maximum Gasteiger partial charge on any atom is 0.416 e. The number of nitrogen functional groups attached to an aromatic ring is 1. The molecule has 6 aromatic rings. The van der Waals surface area contributed by atoms with Crippen LogP contribution in [0.2, 0.25) is 0 Å². The zero-order chi connectivity index (χ0) is 47.2. The van der Waals surface area contributed by atoms with E-state index >= 15 is 0 Å². The molecule has 0 saturated heterocycles. The largest absolute Gasteiger partial charge is 0.707 e. The lowest BCUT2D eigenvalue weighted by molar-refractivity contribution is -0.634. The van der Waals surface area contributed by atoms with Crippen LogP contribution in [-0.4, -0.2) is 81.0 Å². The van der Waals surface area contributed by atoms with E-state index in [1.165, 1.54) is 41.8 Å². The number of aromatic nitrogens is 7. The summed E-state index contributed by atoms with van der Waals surface area (Å²) in [5, 5.41) is 23.4. The first-order valence-corrected chi connectivity index (χ1v) is 21.7. The van der Waals surface area contributed by atoms with Crippen LogP contribution in [0.4, 0.5) is 24.8 Å². The Labute approximate surface area is 361 Å². The Balaban J connectivity index is 0.000000379. The predicted molar refractivity (Wildman–Crippen MR) is 229 cm³/mol. The molecular weight excluding hydrogens is 856 g/mol. The fourth-order valence-electron chi connectivity index (χ4n) is 4.18. The monoisotopic (exact) mass is 905 g/mol. The Hall–Kier alpha value is -6.23. The third-order valence-corrected chi connectivity index (χ3v) is 8.57. The summed E-state index contributed by atoms with van der Waals surface area (Å²) in [5.41, 5.74) is 9.65. The molecule has 3 heterocycles. The highest BCUT2D eigenvalue weighted by Crippen LogP contribution is 2.28. The highest BCUT2D eigenvalue weighted by Gasteiger charge is 2.29. The van der Waals surface area contributed by atoms with Crippen LogP contribution in [0, 0.1) is 51.7 Å². The molecule has 0 fully saturated rings. The van der Waals surface area contributed by atoms with Crippen LogP contribution < -0.4 is 20.5 Å². The Kier molecular flexibility index (Phi) is 22.7. The van der Waals surface area contributed by atoms with Gasteiger partial charge in [0.15, 0.2) is 4.90 Å². The maximum absolute atomic E-state index is 11.9. The molecule has 0 saturated carbocycles. The van der Waals surface area contributed by atoms with Gasteiger partial charge in [-0.25, -0.2) is 23.1 Å². The average Bonchev–Trinajstić information content (AvgIpc) is 3.64. The van der Waals surface area contributed by atoms with Gasteiger partial charge in [-0.1, -0.05) is 35.4 Å². The second-order valence-electron chi connectivity index (χ2n) is 12.8. The van der Waals surface area contributed by atoms with Crippen molar-refractivity contribution < 1.29 is 45.6 Å². The lowest BCUT2D eigenvalue weighted by atomic mass is 10.1. The summed E-state index contributed by atoms with van der Waals surface area (Å²) in [6.45, 7) is 11.2. The van der Waals surface area contributed by atoms with Crippen molar-refractivity contribution in [3.05, 3.63) is 141 Å². The average molecular weight is 906 g/mol. The van der Waals surface area contributed by atoms with E-state index in [0.29, 0.717) is 46.6 Å². The smallest absolute Gasteiger partial charge is 0.416 e. The van der Waals surface area contributed by atoms with Crippen LogP contribution in [-0.2, 0) is 31.5 Å². The van der Waals surface area contributed by atoms with Crippen molar-refractivity contribution in [1.29, 1.82) is 0 Å². The second kappa shape index (κ2) is 26.2. The van der Waals surface area contributed by atoms with Crippen LogP contribution in [0.15, 0.2) is 96.2 Å². The molecule has 6 rings (SSSR count). The fraction of sp³-hybridized carbons (Fsp3) is 0.300. The van der Waals surface area contributed by atoms with Crippen LogP contribution in [0.1, 0.15) is 39.6 Å². The molecule has 17 nitrogen and oxygen atoms in total. The lowest BCUT2D eigenvalue weighted by Crippen LogP contribution is -2.12. The molecule has 0 bridgehead atoms. The van der Waals surface area contributed by atoms with Gasteiger partial charge in [0.2, 0.25) is 11.8 Å². The minimum Gasteiger partial charge on any atom is -0.707 e. The number of rotatable bonds is 6. The molecule has 336 valence electrons. The number of nitro benzene ring substituents is 1. The number of aryl methyl sites for hydroxylation is 6. The Bertz CT molecular complexity index is 2300. The summed E-state index contributed by atoms with van der Waals surface area (Å²) in [4.78, 5) is 30.9. The number of halogens is 3. The molecule has 3 aromatic carbocycles. The van der Waals surface area contributed by atoms with Crippen molar-refractivity contribution in [3.63, 3.8) is 0 Å². The number of benzene rings is 3. The standard InChI is InChI=1S/C10H9N3O2.C9H13S.C8H7F3.C7H10N2O2.C5H8N4.CH4O4S/c1-8-6-11-12(7-8)9-2-4-10(5-3-9)13(14)15;1-8-4-6-9(7-5-8)10(2)3;1-6-2-4-7(5-3-6)8(9,10)11;1-5-4-6(10-2)9-7(8-5)11-3;1-3-7-4(2)9-5(6)8-3;1-6(3,4)5-2/h2-7H,1H3;4-7H,1-3H3;2-5H,1H3;4H,1-3H3;1-2H3,(H2,6,7,8,9);2H,1H3/q;+1;;;;/p-1. The van der Waals surface area contributed by atoms with Gasteiger partial charge in [-0.3, -0.25) is 10.1 Å². The molecule has 0 aliphatic rings. The molecule has 0 amide bonds. The van der Waals surface area contributed by atoms with Crippen LogP contribution in [0.5, 0.6) is 11.9 Å². The minimum atomic E-state index is -4.21. The zero-order valence-electron chi connectivity index (χ0n) is 36.0. The third kappa shape index (κ3) is 22.4. The summed E-state index contributed by atoms with van der Waals surface area (Å²) >= 11 is 0. The van der Waals surface area contributed by atoms with Crippen molar-refractivity contribution >= 4 is 32.6 Å². The Morgan fingerprint density at radius 3 is 1.63 bits per heavy atom. The van der Waals surface area contributed by atoms with Gasteiger partial charge in [0.1, 0.15) is 24.2 Å². The number of hydrogen-bond acceptors (Lipinski definition) is 15. The number of ether oxygens (including phenoxy) is 2. The highest BCUT2D eigenvalue weighted by atomic mass is 32.2. The Morgan fingerprint density at radius 1 is 0.758 bits per heavy atom. The number of methoxy groups -OCH3 is 2. The van der Waals surface area contributed by atoms with E-state index in [9.17, 15) is 31.7 Å². The molecule has 0 unspecified atom stereocenters. The van der Waals surface area contributed by atoms with Gasteiger partial charge in [0.05, 0.1) is 42.8 Å². The van der Waals surface area contributed by atoms with Crippen LogP contribution >= 0.6 is 0 Å². The van der Waals surface area contributed by atoms with E-state index < -0.39 is 26.8 Å². The maximum atomic E-state index is 11.9. The molecule has 0 spiro atoms. The summed E-state index contributed by atoms with van der Waals surface area (Å²) in [6.07, 6.45) is 4.55. The molecular formula is C40H50F3N9O8S2. The molecule has 0 radical (unpaired) electrons. The zero-order valence-corrected chi connectivity index (χ0v) is 37.7. The first-order chi connectivity index (χ1) is 28.9. The van der Waals surface area contributed by atoms with Gasteiger partial charge in [-0.15, -0.1) is 0 Å². The van der Waals surface area contributed by atoms with Gasteiger partial charge >= 0.3 is 12.2 Å². The number of non-ortho nitro benzene ring substituents is 1. The van der Waals surface area contributed by atoms with Gasteiger partial charge in [0.25, 0.3) is 15.8 Å². The molecule has 62 heavy (non-hydrogen) atoms. The molecule has 0 atom stereocenters. The molecule has 3 aromatic heterocycles. The van der Waals surface area contributed by atoms with Gasteiger partial charge in [0, 0.05) is 41.0 Å². The fourth-order valence-corrected chi connectivity index (χ4v) is 4.86. The van der Waals surface area contributed by atoms with Crippen molar-refractivity contribution in [2.75, 3.05) is 38.7 Å². The summed E-state index contributed by atoms with van der Waals surface area (Å²) in [6, 6.07) is 22.1. The Morgan fingerprint density at radius 2 is 1.26 bits per heavy atom. The molecule has 2 N–H and O–H groups in total. The minimum absolute atomic E-state index is 0.0858. The SMILES string of the molecule is COc1cc(C)nc(OC)n1.CS(=O)(=O)O[O-].Cc1ccc(C(F)(F)F)cc1.Cc1ccc([S+](C)C)cc1.Cc1cnn(-c2ccc([N+](=O)[O-])cc2)c1.Cc1nc(C)nc(N)n1. The number of nitrogens with two attached hydrogens (primary N) is 1. The number of nitro groups is 1. The van der Waals surface area contributed by atoms with Crippen LogP contribution in [0.3, 0.4) is 0 Å². The highest BCUT2D eigenvalue weighted by molar-refractivity contribution is 7.95. The van der Waals surface area contributed by atoms with E-state index in [-0.39, 0.29) is 5.69 Å². The number of hydrogen-bond donors (Lipinski definition) is 1. The number of nitrogens with zero attached hydrogens (tertiary/aromatic N) is 8. The number of alkyl halides is 3.